The molecule has 0 amide bonds. The molecule has 0 aliphatic carbocycles. The molecule has 0 saturated carbocycles. The van der Waals surface area contributed by atoms with E-state index in [9.17, 15) is 0 Å². The first-order valence-corrected chi connectivity index (χ1v) is 9.07. The van der Waals surface area contributed by atoms with E-state index in [0.29, 0.717) is 6.04 Å². The van der Waals surface area contributed by atoms with Crippen molar-refractivity contribution in [1.82, 2.24) is 20.1 Å². The molecule has 5 nitrogen and oxygen atoms in total. The summed E-state index contributed by atoms with van der Waals surface area (Å²) >= 11 is 0. The van der Waals surface area contributed by atoms with Crippen LogP contribution in [0.5, 0.6) is 0 Å². The highest BCUT2D eigenvalue weighted by molar-refractivity contribution is 5.79. The Hall–Kier alpha value is -2.27. The summed E-state index contributed by atoms with van der Waals surface area (Å²) in [6.07, 6.45) is 6.50. The summed E-state index contributed by atoms with van der Waals surface area (Å²) in [6, 6.07) is 13.3. The molecule has 0 atom stereocenters. The highest BCUT2D eigenvalue weighted by Crippen LogP contribution is 2.13. The summed E-state index contributed by atoms with van der Waals surface area (Å²) in [5, 5.41) is 6.98. The third kappa shape index (κ3) is 5.36. The Balaban J connectivity index is 1.41. The van der Waals surface area contributed by atoms with E-state index in [4.69, 9.17) is 0 Å². The molecule has 1 saturated heterocycles. The van der Waals surface area contributed by atoms with Gasteiger partial charge in [-0.3, -0.25) is 9.89 Å². The molecule has 134 valence electrons. The number of guanidine groups is 1. The van der Waals surface area contributed by atoms with Crippen LogP contribution in [-0.4, -0.2) is 41.6 Å². The van der Waals surface area contributed by atoms with Gasteiger partial charge in [-0.05, 0) is 30.0 Å². The van der Waals surface area contributed by atoms with E-state index in [2.05, 4.69) is 73.9 Å². The van der Waals surface area contributed by atoms with E-state index in [1.54, 1.807) is 0 Å². The fourth-order valence-electron chi connectivity index (χ4n) is 3.32. The predicted octanol–water partition coefficient (Wildman–Crippen LogP) is 2.35. The van der Waals surface area contributed by atoms with Gasteiger partial charge in [-0.25, -0.2) is 0 Å². The Morgan fingerprint density at radius 1 is 1.12 bits per heavy atom. The molecule has 1 aliphatic rings. The number of likely N-dealkylation sites (tertiary alicyclic amines) is 1. The fraction of sp³-hybridized carbons (Fsp3) is 0.450. The maximum atomic E-state index is 4.36. The van der Waals surface area contributed by atoms with Crippen molar-refractivity contribution in [2.75, 3.05) is 20.1 Å². The predicted molar refractivity (Wildman–Crippen MR) is 103 cm³/mol. The maximum absolute atomic E-state index is 4.36. The van der Waals surface area contributed by atoms with Crippen molar-refractivity contribution < 1.29 is 0 Å². The molecule has 5 heteroatoms. The molecular formula is C20H29N5. The van der Waals surface area contributed by atoms with Crippen molar-refractivity contribution in [2.45, 2.75) is 32.0 Å². The van der Waals surface area contributed by atoms with Gasteiger partial charge in [0.05, 0.1) is 0 Å². The third-order valence-corrected chi connectivity index (χ3v) is 4.75. The standard InChI is InChI=1S/C20H29N5/c1-21-20(22-14-18-8-11-24(2)15-18)23-19-9-12-25(13-10-19)16-17-6-4-3-5-7-17/h3-8,11,15,19H,9-10,12-14,16H2,1-2H3,(H2,21,22,23). The van der Waals surface area contributed by atoms with Gasteiger partial charge in [0, 0.05) is 58.7 Å². The van der Waals surface area contributed by atoms with Crippen LogP contribution < -0.4 is 10.6 Å². The molecule has 0 unspecified atom stereocenters. The molecule has 2 heterocycles. The normalized spacial score (nSPS) is 16.8. The van der Waals surface area contributed by atoms with Crippen molar-refractivity contribution in [3.63, 3.8) is 0 Å². The molecule has 1 aromatic carbocycles. The fourth-order valence-corrected chi connectivity index (χ4v) is 3.32. The molecule has 2 aromatic rings. The van der Waals surface area contributed by atoms with Crippen molar-refractivity contribution in [3.05, 3.63) is 59.9 Å². The number of aliphatic imine (C=N–C) groups is 1. The SMILES string of the molecule is CN=C(NCc1ccn(C)c1)NC1CCN(Cc2ccccc2)CC1. The van der Waals surface area contributed by atoms with Gasteiger partial charge in [-0.15, -0.1) is 0 Å². The lowest BCUT2D eigenvalue weighted by atomic mass is 10.0. The summed E-state index contributed by atoms with van der Waals surface area (Å²) in [7, 11) is 3.88. The molecule has 2 N–H and O–H groups in total. The van der Waals surface area contributed by atoms with Crippen molar-refractivity contribution >= 4 is 5.96 Å². The number of nitrogens with zero attached hydrogens (tertiary/aromatic N) is 3. The second-order valence-corrected chi connectivity index (χ2v) is 6.79. The number of benzene rings is 1. The minimum atomic E-state index is 0.494. The number of aryl methyl sites for hydroxylation is 1. The zero-order chi connectivity index (χ0) is 17.5. The average molecular weight is 339 g/mol. The molecule has 3 rings (SSSR count). The highest BCUT2D eigenvalue weighted by Gasteiger charge is 2.19. The number of hydrogen-bond donors (Lipinski definition) is 2. The van der Waals surface area contributed by atoms with Crippen LogP contribution in [0, 0.1) is 0 Å². The number of aromatic nitrogens is 1. The van der Waals surface area contributed by atoms with Crippen LogP contribution in [0.3, 0.4) is 0 Å². The molecular weight excluding hydrogens is 310 g/mol. The summed E-state index contributed by atoms with van der Waals surface area (Å²) in [5.41, 5.74) is 2.66. The van der Waals surface area contributed by atoms with E-state index in [-0.39, 0.29) is 0 Å². The smallest absolute Gasteiger partial charge is 0.191 e. The van der Waals surface area contributed by atoms with Crippen molar-refractivity contribution in [3.8, 4) is 0 Å². The van der Waals surface area contributed by atoms with Crippen LogP contribution in [-0.2, 0) is 20.1 Å². The Kier molecular flexibility index (Phi) is 6.12. The molecule has 25 heavy (non-hydrogen) atoms. The number of nitrogens with one attached hydrogen (secondary N) is 2. The minimum absolute atomic E-state index is 0.494. The Labute approximate surface area is 150 Å². The Morgan fingerprint density at radius 3 is 2.52 bits per heavy atom. The van der Waals surface area contributed by atoms with Gasteiger partial charge in [0.15, 0.2) is 5.96 Å². The lowest BCUT2D eigenvalue weighted by molar-refractivity contribution is 0.198. The molecule has 0 bridgehead atoms. The van der Waals surface area contributed by atoms with Crippen LogP contribution in [0.25, 0.3) is 0 Å². The first-order valence-electron chi connectivity index (χ1n) is 9.07. The first-order chi connectivity index (χ1) is 12.2. The molecule has 1 fully saturated rings. The van der Waals surface area contributed by atoms with Gasteiger partial charge >= 0.3 is 0 Å². The van der Waals surface area contributed by atoms with Crippen LogP contribution in [0.4, 0.5) is 0 Å². The summed E-state index contributed by atoms with van der Waals surface area (Å²) in [5.74, 6) is 0.894. The van der Waals surface area contributed by atoms with Crippen molar-refractivity contribution in [1.29, 1.82) is 0 Å². The quantitative estimate of drug-likeness (QED) is 0.649. The molecule has 0 radical (unpaired) electrons. The van der Waals surface area contributed by atoms with Crippen molar-refractivity contribution in [2.24, 2.45) is 12.0 Å². The number of hydrogen-bond acceptors (Lipinski definition) is 2. The molecule has 1 aliphatic heterocycles. The van der Waals surface area contributed by atoms with Gasteiger partial charge in [-0.1, -0.05) is 30.3 Å². The topological polar surface area (TPSA) is 44.6 Å². The first kappa shape index (κ1) is 17.5. The van der Waals surface area contributed by atoms with E-state index in [1.165, 1.54) is 11.1 Å². The third-order valence-electron chi connectivity index (χ3n) is 4.75. The van der Waals surface area contributed by atoms with Gasteiger partial charge < -0.3 is 15.2 Å². The minimum Gasteiger partial charge on any atom is -0.357 e. The lowest BCUT2D eigenvalue weighted by Gasteiger charge is -2.33. The van der Waals surface area contributed by atoms with E-state index >= 15 is 0 Å². The Morgan fingerprint density at radius 2 is 1.88 bits per heavy atom. The van der Waals surface area contributed by atoms with Gasteiger partial charge in [-0.2, -0.15) is 0 Å². The summed E-state index contributed by atoms with van der Waals surface area (Å²) in [6.45, 7) is 4.10. The second-order valence-electron chi connectivity index (χ2n) is 6.79. The second kappa shape index (κ2) is 8.72. The molecule has 1 aromatic heterocycles. The largest absolute Gasteiger partial charge is 0.357 e. The maximum Gasteiger partial charge on any atom is 0.191 e. The summed E-state index contributed by atoms with van der Waals surface area (Å²) < 4.78 is 2.07. The van der Waals surface area contributed by atoms with Crippen LogP contribution >= 0.6 is 0 Å². The van der Waals surface area contributed by atoms with E-state index < -0.39 is 0 Å². The molecule has 0 spiro atoms. The number of rotatable bonds is 5. The zero-order valence-corrected chi connectivity index (χ0v) is 15.3. The van der Waals surface area contributed by atoms with E-state index in [1.807, 2.05) is 14.1 Å². The van der Waals surface area contributed by atoms with Gasteiger partial charge in [0.1, 0.15) is 0 Å². The van der Waals surface area contributed by atoms with Gasteiger partial charge in [0.25, 0.3) is 0 Å². The van der Waals surface area contributed by atoms with Crippen LogP contribution in [0.1, 0.15) is 24.0 Å². The zero-order valence-electron chi connectivity index (χ0n) is 15.3. The van der Waals surface area contributed by atoms with Crippen LogP contribution in [0.2, 0.25) is 0 Å². The number of piperidine rings is 1. The Bertz CT molecular complexity index is 668. The average Bonchev–Trinajstić information content (AvgIpc) is 3.06. The highest BCUT2D eigenvalue weighted by atomic mass is 15.2. The monoisotopic (exact) mass is 339 g/mol. The summed E-state index contributed by atoms with van der Waals surface area (Å²) in [4.78, 5) is 6.90. The van der Waals surface area contributed by atoms with Gasteiger partial charge in [0.2, 0.25) is 0 Å². The van der Waals surface area contributed by atoms with Crippen LogP contribution in [0.15, 0.2) is 53.8 Å². The lowest BCUT2D eigenvalue weighted by Crippen LogP contribution is -2.48. The van der Waals surface area contributed by atoms with E-state index in [0.717, 1.165) is 45.0 Å².